The molecule has 6 heteroatoms. The Bertz CT molecular complexity index is 517. The Morgan fingerprint density at radius 1 is 1.33 bits per heavy atom. The Kier molecular flexibility index (Phi) is 5.61. The molecule has 1 aliphatic heterocycles. The molecule has 1 aromatic carbocycles. The smallest absolute Gasteiger partial charge is 0.256 e. The van der Waals surface area contributed by atoms with E-state index < -0.39 is 13.0 Å². The third kappa shape index (κ3) is 4.20. The van der Waals surface area contributed by atoms with Crippen molar-refractivity contribution in [3.8, 4) is 5.75 Å². The number of hydrogen-bond donors (Lipinski definition) is 0. The van der Waals surface area contributed by atoms with Gasteiger partial charge in [0.05, 0.1) is 6.54 Å². The molecule has 2 rings (SSSR count). The van der Waals surface area contributed by atoms with Gasteiger partial charge in [-0.3, -0.25) is 4.79 Å². The molecule has 0 N–H and O–H groups in total. The van der Waals surface area contributed by atoms with Crippen LogP contribution in [0.4, 0.5) is 8.78 Å². The highest BCUT2D eigenvalue weighted by Crippen LogP contribution is 2.28. The van der Waals surface area contributed by atoms with Crippen LogP contribution in [0.1, 0.15) is 18.4 Å². The summed E-state index contributed by atoms with van der Waals surface area (Å²) in [6.07, 6.45) is 2.10. The molecule has 0 bridgehead atoms. The van der Waals surface area contributed by atoms with Gasteiger partial charge in [0, 0.05) is 12.1 Å². The van der Waals surface area contributed by atoms with Crippen molar-refractivity contribution >= 4 is 23.4 Å². The number of carbonyl (C=O) groups excluding carboxylic acids is 1. The fourth-order valence-corrected chi connectivity index (χ4v) is 2.43. The summed E-state index contributed by atoms with van der Waals surface area (Å²) in [4.78, 5) is 13.0. The molecule has 0 unspecified atom stereocenters. The molecule has 0 aromatic heterocycles. The molecule has 1 aromatic rings. The Labute approximate surface area is 127 Å². The molecule has 0 fully saturated rings. The van der Waals surface area contributed by atoms with E-state index >= 15 is 0 Å². The molecule has 1 amide bonds. The van der Waals surface area contributed by atoms with Crippen LogP contribution in [-0.4, -0.2) is 36.0 Å². The average Bonchev–Trinajstić information content (AvgIpc) is 2.47. The van der Waals surface area contributed by atoms with Crippen molar-refractivity contribution in [2.75, 3.05) is 18.7 Å². The number of carbonyl (C=O) groups is 1. The maximum Gasteiger partial charge on any atom is 0.256 e. The molecular formula is C15H17F2NO2S. The van der Waals surface area contributed by atoms with Gasteiger partial charge in [-0.05, 0) is 42.5 Å². The van der Waals surface area contributed by atoms with E-state index in [0.717, 1.165) is 11.3 Å². The van der Waals surface area contributed by atoms with Gasteiger partial charge in [0.25, 0.3) is 6.43 Å². The lowest BCUT2D eigenvalue weighted by molar-refractivity contribution is -0.129. The zero-order chi connectivity index (χ0) is 15.2. The van der Waals surface area contributed by atoms with Crippen LogP contribution in [-0.2, 0) is 4.79 Å². The lowest BCUT2D eigenvalue weighted by Gasteiger charge is -2.28. The zero-order valence-corrected chi connectivity index (χ0v) is 12.5. The minimum atomic E-state index is -2.54. The summed E-state index contributed by atoms with van der Waals surface area (Å²) in [5.41, 5.74) is 1.31. The number of allylic oxidation sites excluding steroid dienone is 1. The molecular weight excluding hydrogens is 296 g/mol. The fraction of sp³-hybridized carbons (Fsp3) is 0.400. The van der Waals surface area contributed by atoms with Crippen molar-refractivity contribution in [2.45, 2.75) is 19.3 Å². The first-order chi connectivity index (χ1) is 10.1. The van der Waals surface area contributed by atoms with Gasteiger partial charge >= 0.3 is 0 Å². The lowest BCUT2D eigenvalue weighted by Crippen LogP contribution is -2.35. The van der Waals surface area contributed by atoms with Crippen molar-refractivity contribution in [3.63, 3.8) is 0 Å². The highest BCUT2D eigenvalue weighted by molar-refractivity contribution is 7.98. The van der Waals surface area contributed by atoms with Crippen LogP contribution in [0.3, 0.4) is 0 Å². The third-order valence-electron chi connectivity index (χ3n) is 3.10. The predicted octanol–water partition coefficient (Wildman–Crippen LogP) is 3.61. The second kappa shape index (κ2) is 7.45. The molecule has 0 saturated carbocycles. The van der Waals surface area contributed by atoms with Gasteiger partial charge in [0.1, 0.15) is 11.7 Å². The summed E-state index contributed by atoms with van der Waals surface area (Å²) < 4.78 is 30.7. The van der Waals surface area contributed by atoms with Crippen molar-refractivity contribution in [3.05, 3.63) is 35.9 Å². The van der Waals surface area contributed by atoms with Gasteiger partial charge in [-0.2, -0.15) is 0 Å². The van der Waals surface area contributed by atoms with Crippen LogP contribution >= 0.6 is 11.8 Å². The summed E-state index contributed by atoms with van der Waals surface area (Å²) in [7, 11) is 0. The first kappa shape index (κ1) is 15.8. The zero-order valence-electron chi connectivity index (χ0n) is 11.7. The van der Waals surface area contributed by atoms with Crippen LogP contribution < -0.4 is 4.74 Å². The molecule has 1 heterocycles. The molecule has 0 atom stereocenters. The second-order valence-corrected chi connectivity index (χ2v) is 5.41. The Balaban J connectivity index is 2.17. The van der Waals surface area contributed by atoms with E-state index in [4.69, 9.17) is 4.74 Å². The summed E-state index contributed by atoms with van der Waals surface area (Å²) in [6, 6.07) is 7.15. The Morgan fingerprint density at radius 2 is 2.05 bits per heavy atom. The maximum atomic E-state index is 12.6. The molecule has 114 valence electrons. The normalized spacial score (nSPS) is 15.3. The van der Waals surface area contributed by atoms with E-state index in [9.17, 15) is 13.6 Å². The molecule has 0 spiro atoms. The van der Waals surface area contributed by atoms with Gasteiger partial charge in [-0.15, -0.1) is 11.8 Å². The van der Waals surface area contributed by atoms with E-state index in [1.807, 2.05) is 12.3 Å². The van der Waals surface area contributed by atoms with E-state index in [1.165, 1.54) is 4.90 Å². The van der Waals surface area contributed by atoms with Gasteiger partial charge in [0.2, 0.25) is 5.91 Å². The number of ether oxygens (including phenoxy) is 1. The Hall–Kier alpha value is -1.56. The molecule has 1 aliphatic rings. The number of hydrogen-bond acceptors (Lipinski definition) is 3. The van der Waals surface area contributed by atoms with E-state index in [1.54, 1.807) is 36.0 Å². The molecule has 0 radical (unpaired) electrons. The number of alkyl halides is 2. The summed E-state index contributed by atoms with van der Waals surface area (Å²) in [5.74, 6) is 1.02. The quantitative estimate of drug-likeness (QED) is 0.751. The van der Waals surface area contributed by atoms with Gasteiger partial charge in [-0.25, -0.2) is 8.78 Å². The van der Waals surface area contributed by atoms with Crippen LogP contribution in [0.25, 0.3) is 5.70 Å². The first-order valence-electron chi connectivity index (χ1n) is 6.62. The Morgan fingerprint density at radius 3 is 2.67 bits per heavy atom. The molecule has 21 heavy (non-hydrogen) atoms. The van der Waals surface area contributed by atoms with Gasteiger partial charge in [-0.1, -0.05) is 6.08 Å². The van der Waals surface area contributed by atoms with Crippen molar-refractivity contribution < 1.29 is 18.3 Å². The number of amides is 1. The second-order valence-electron chi connectivity index (χ2n) is 4.60. The number of nitrogens with zero attached hydrogens (tertiary/aromatic N) is 1. The minimum absolute atomic E-state index is 0.254. The first-order valence-corrected chi connectivity index (χ1v) is 8.02. The molecule has 3 nitrogen and oxygen atoms in total. The highest BCUT2D eigenvalue weighted by Gasteiger charge is 2.25. The van der Waals surface area contributed by atoms with Gasteiger partial charge < -0.3 is 9.64 Å². The summed E-state index contributed by atoms with van der Waals surface area (Å²) in [5, 5.41) is 0. The highest BCUT2D eigenvalue weighted by atomic mass is 32.2. The van der Waals surface area contributed by atoms with E-state index in [-0.39, 0.29) is 12.3 Å². The van der Waals surface area contributed by atoms with Crippen LogP contribution in [0.5, 0.6) is 5.75 Å². The number of rotatable bonds is 6. The monoisotopic (exact) mass is 313 g/mol. The summed E-state index contributed by atoms with van der Waals surface area (Å²) >= 11 is 1.57. The van der Waals surface area contributed by atoms with Crippen LogP contribution in [0.2, 0.25) is 0 Å². The third-order valence-corrected chi connectivity index (χ3v) is 3.46. The van der Waals surface area contributed by atoms with Crippen molar-refractivity contribution in [2.24, 2.45) is 0 Å². The average molecular weight is 313 g/mol. The standard InChI is InChI=1S/C15H17F2NO2S/c1-21-10-20-12-7-5-11(6-8-12)13-3-2-4-15(19)18(13)9-14(16)17/h3,5-8,14H,2,4,9-10H2,1H3. The predicted molar refractivity (Wildman–Crippen MR) is 80.4 cm³/mol. The molecule has 0 aliphatic carbocycles. The van der Waals surface area contributed by atoms with Crippen molar-refractivity contribution in [1.82, 2.24) is 4.90 Å². The summed E-state index contributed by atoms with van der Waals surface area (Å²) in [6.45, 7) is -0.560. The van der Waals surface area contributed by atoms with E-state index in [2.05, 4.69) is 0 Å². The largest absolute Gasteiger partial charge is 0.483 e. The van der Waals surface area contributed by atoms with Crippen LogP contribution in [0.15, 0.2) is 30.3 Å². The van der Waals surface area contributed by atoms with Crippen LogP contribution in [0, 0.1) is 0 Å². The number of halogens is 2. The minimum Gasteiger partial charge on any atom is -0.483 e. The number of benzene rings is 1. The SMILES string of the molecule is CSCOc1ccc(C2=CCCC(=O)N2CC(F)F)cc1. The maximum absolute atomic E-state index is 12.6. The molecule has 0 saturated heterocycles. The van der Waals surface area contributed by atoms with Gasteiger partial charge in [0.15, 0.2) is 0 Å². The topological polar surface area (TPSA) is 29.5 Å². The fourth-order valence-electron chi connectivity index (χ4n) is 2.17. The van der Waals surface area contributed by atoms with Crippen molar-refractivity contribution in [1.29, 1.82) is 0 Å². The number of thioether (sulfide) groups is 1. The van der Waals surface area contributed by atoms with E-state index in [0.29, 0.717) is 18.1 Å². The lowest BCUT2D eigenvalue weighted by atomic mass is 10.0.